The standard InChI is InChI=1S/C43H38N4O6S2/c1-27-15-17-29(18-16-27)35-26-54-43(46-35)47-42(50)39(30-11-7-5-8-12-30)55-33-21-19-32(20-22-33)44-41(49)34(45-40(48)31-13-9-6-10-14-31)23-28-24-36(51-2)38(53-4)37(25-28)52-3/h5-26,39H,1-4H3,(H,44,49)(H,45,48)(H,46,47,50)/b34-23-. The van der Waals surface area contributed by atoms with Crippen LogP contribution in [0, 0.1) is 6.92 Å². The average molecular weight is 771 g/mol. The van der Waals surface area contributed by atoms with Gasteiger partial charge < -0.3 is 30.2 Å². The Labute approximate surface area is 327 Å². The number of anilines is 2. The third kappa shape index (κ3) is 9.79. The SMILES string of the molecule is COc1cc(/C=C(\NC(=O)c2ccccc2)C(=O)Nc2ccc(SC(C(=O)Nc3nc(-c4ccc(C)cc4)cs3)c3ccccc3)cc2)cc(OC)c1OC. The number of methoxy groups -OCH3 is 3. The molecule has 6 aromatic rings. The number of aromatic nitrogens is 1. The van der Waals surface area contributed by atoms with E-state index in [4.69, 9.17) is 14.2 Å². The number of hydrogen-bond donors (Lipinski definition) is 3. The van der Waals surface area contributed by atoms with E-state index in [0.717, 1.165) is 27.3 Å². The Morgan fingerprint density at radius 1 is 0.764 bits per heavy atom. The van der Waals surface area contributed by atoms with E-state index in [9.17, 15) is 14.4 Å². The summed E-state index contributed by atoms with van der Waals surface area (Å²) in [5, 5.41) is 10.5. The minimum absolute atomic E-state index is 0.0184. The van der Waals surface area contributed by atoms with Crippen LogP contribution in [0.4, 0.5) is 10.8 Å². The largest absolute Gasteiger partial charge is 0.493 e. The van der Waals surface area contributed by atoms with Crippen molar-refractivity contribution in [3.05, 3.63) is 155 Å². The van der Waals surface area contributed by atoms with Crippen LogP contribution in [-0.4, -0.2) is 44.0 Å². The Kier molecular flexibility index (Phi) is 12.6. The van der Waals surface area contributed by atoms with E-state index in [-0.39, 0.29) is 11.6 Å². The monoisotopic (exact) mass is 770 g/mol. The predicted octanol–water partition coefficient (Wildman–Crippen LogP) is 9.03. The quantitative estimate of drug-likeness (QED) is 0.0740. The molecule has 3 amide bonds. The molecule has 0 saturated carbocycles. The number of ether oxygens (including phenoxy) is 3. The summed E-state index contributed by atoms with van der Waals surface area (Å²) in [5.41, 5.74) is 5.12. The van der Waals surface area contributed by atoms with Crippen molar-refractivity contribution < 1.29 is 28.6 Å². The number of thioether (sulfide) groups is 1. The first kappa shape index (κ1) is 38.4. The number of carbonyl (C=O) groups is 3. The molecule has 0 radical (unpaired) electrons. The smallest absolute Gasteiger partial charge is 0.272 e. The van der Waals surface area contributed by atoms with Crippen molar-refractivity contribution in [2.75, 3.05) is 32.0 Å². The van der Waals surface area contributed by atoms with E-state index in [1.165, 1.54) is 50.5 Å². The summed E-state index contributed by atoms with van der Waals surface area (Å²) in [6, 6.07) is 36.7. The molecule has 1 aromatic heterocycles. The molecule has 12 heteroatoms. The highest BCUT2D eigenvalue weighted by Crippen LogP contribution is 2.39. The van der Waals surface area contributed by atoms with Crippen molar-refractivity contribution in [2.45, 2.75) is 17.1 Å². The van der Waals surface area contributed by atoms with Crippen LogP contribution < -0.4 is 30.2 Å². The lowest BCUT2D eigenvalue weighted by atomic mass is 10.1. The summed E-state index contributed by atoms with van der Waals surface area (Å²) in [5.74, 6) is -0.0760. The Morgan fingerprint density at radius 2 is 1.40 bits per heavy atom. The molecule has 55 heavy (non-hydrogen) atoms. The summed E-state index contributed by atoms with van der Waals surface area (Å²) < 4.78 is 16.4. The lowest BCUT2D eigenvalue weighted by Gasteiger charge is -2.17. The number of carbonyl (C=O) groups excluding carboxylic acids is 3. The fourth-order valence-electron chi connectivity index (χ4n) is 5.50. The number of amides is 3. The van der Waals surface area contributed by atoms with E-state index in [2.05, 4.69) is 20.9 Å². The first-order valence-electron chi connectivity index (χ1n) is 17.1. The predicted molar refractivity (Wildman–Crippen MR) is 219 cm³/mol. The van der Waals surface area contributed by atoms with Crippen molar-refractivity contribution >= 4 is 57.7 Å². The average Bonchev–Trinajstić information content (AvgIpc) is 3.68. The molecular formula is C43H38N4O6S2. The summed E-state index contributed by atoms with van der Waals surface area (Å²) in [6.45, 7) is 2.03. The Balaban J connectivity index is 1.21. The summed E-state index contributed by atoms with van der Waals surface area (Å²) in [4.78, 5) is 46.2. The molecule has 278 valence electrons. The van der Waals surface area contributed by atoms with Gasteiger partial charge in [-0.1, -0.05) is 78.4 Å². The zero-order valence-electron chi connectivity index (χ0n) is 30.5. The Bertz CT molecular complexity index is 2270. The lowest BCUT2D eigenvalue weighted by molar-refractivity contribution is -0.116. The van der Waals surface area contributed by atoms with Gasteiger partial charge in [-0.3, -0.25) is 14.4 Å². The van der Waals surface area contributed by atoms with Gasteiger partial charge in [-0.15, -0.1) is 23.1 Å². The number of thiazole rings is 1. The molecule has 10 nitrogen and oxygen atoms in total. The summed E-state index contributed by atoms with van der Waals surface area (Å²) >= 11 is 2.75. The minimum Gasteiger partial charge on any atom is -0.493 e. The number of rotatable bonds is 14. The van der Waals surface area contributed by atoms with Crippen LogP contribution in [0.1, 0.15) is 32.3 Å². The molecular weight excluding hydrogens is 733 g/mol. The van der Waals surface area contributed by atoms with Crippen LogP contribution in [0.25, 0.3) is 17.3 Å². The van der Waals surface area contributed by atoms with Gasteiger partial charge >= 0.3 is 0 Å². The molecule has 3 N–H and O–H groups in total. The highest BCUT2D eigenvalue weighted by atomic mass is 32.2. The van der Waals surface area contributed by atoms with Crippen molar-refractivity contribution in [3.63, 3.8) is 0 Å². The van der Waals surface area contributed by atoms with Crippen molar-refractivity contribution in [3.8, 4) is 28.5 Å². The molecule has 5 aromatic carbocycles. The maximum Gasteiger partial charge on any atom is 0.272 e. The third-order valence-corrected chi connectivity index (χ3v) is 10.3. The molecule has 1 unspecified atom stereocenters. The van der Waals surface area contributed by atoms with Gasteiger partial charge in [-0.2, -0.15) is 0 Å². The maximum absolute atomic E-state index is 13.8. The highest BCUT2D eigenvalue weighted by molar-refractivity contribution is 8.00. The number of aryl methyl sites for hydroxylation is 1. The zero-order chi connectivity index (χ0) is 38.7. The van der Waals surface area contributed by atoms with Crippen molar-refractivity contribution in [1.29, 1.82) is 0 Å². The third-order valence-electron chi connectivity index (χ3n) is 8.32. The van der Waals surface area contributed by atoms with Crippen LogP contribution >= 0.6 is 23.1 Å². The van der Waals surface area contributed by atoms with Crippen LogP contribution in [0.15, 0.2) is 137 Å². The maximum atomic E-state index is 13.8. The van der Waals surface area contributed by atoms with E-state index in [0.29, 0.717) is 39.2 Å². The molecule has 1 atom stereocenters. The van der Waals surface area contributed by atoms with Crippen molar-refractivity contribution in [1.82, 2.24) is 10.3 Å². The minimum atomic E-state index is -0.588. The normalized spacial score (nSPS) is 11.6. The first-order valence-corrected chi connectivity index (χ1v) is 18.8. The van der Waals surface area contributed by atoms with Gasteiger partial charge in [0.15, 0.2) is 16.6 Å². The number of nitrogens with one attached hydrogen (secondary N) is 3. The number of hydrogen-bond acceptors (Lipinski definition) is 9. The zero-order valence-corrected chi connectivity index (χ0v) is 32.1. The summed E-state index contributed by atoms with van der Waals surface area (Å²) in [7, 11) is 4.49. The van der Waals surface area contributed by atoms with Crippen LogP contribution in [0.3, 0.4) is 0 Å². The van der Waals surface area contributed by atoms with Crippen LogP contribution in [0.2, 0.25) is 0 Å². The first-order chi connectivity index (χ1) is 26.7. The Morgan fingerprint density at radius 3 is 2.02 bits per heavy atom. The second kappa shape index (κ2) is 18.1. The van der Waals surface area contributed by atoms with Gasteiger partial charge in [0.05, 0.1) is 27.0 Å². The van der Waals surface area contributed by atoms with Gasteiger partial charge in [-0.05, 0) is 72.7 Å². The Hall–Kier alpha value is -6.37. The number of nitrogens with zero attached hydrogens (tertiary/aromatic N) is 1. The van der Waals surface area contributed by atoms with Gasteiger partial charge in [0, 0.05) is 27.1 Å². The van der Waals surface area contributed by atoms with Crippen molar-refractivity contribution in [2.24, 2.45) is 0 Å². The molecule has 0 aliphatic carbocycles. The fraction of sp³-hybridized carbons (Fsp3) is 0.116. The van der Waals surface area contributed by atoms with E-state index in [1.54, 1.807) is 54.6 Å². The molecule has 1 heterocycles. The van der Waals surface area contributed by atoms with E-state index < -0.39 is 17.1 Å². The molecule has 0 fully saturated rings. The molecule has 0 spiro atoms. The van der Waals surface area contributed by atoms with Gasteiger partial charge in [-0.25, -0.2) is 4.98 Å². The number of benzene rings is 5. The molecule has 0 aliphatic heterocycles. The van der Waals surface area contributed by atoms with Gasteiger partial charge in [0.2, 0.25) is 11.7 Å². The van der Waals surface area contributed by atoms with E-state index in [1.807, 2.05) is 79.0 Å². The van der Waals surface area contributed by atoms with Crippen LogP contribution in [0.5, 0.6) is 17.2 Å². The van der Waals surface area contributed by atoms with E-state index >= 15 is 0 Å². The fourth-order valence-corrected chi connectivity index (χ4v) is 7.25. The molecule has 6 rings (SSSR count). The van der Waals surface area contributed by atoms with Gasteiger partial charge in [0.25, 0.3) is 11.8 Å². The topological polar surface area (TPSA) is 128 Å². The second-order valence-electron chi connectivity index (χ2n) is 12.1. The second-order valence-corrected chi connectivity index (χ2v) is 14.2. The molecule has 0 bridgehead atoms. The lowest BCUT2D eigenvalue weighted by Crippen LogP contribution is -2.30. The molecule has 0 aliphatic rings. The highest BCUT2D eigenvalue weighted by Gasteiger charge is 2.24. The van der Waals surface area contributed by atoms with Crippen LogP contribution in [-0.2, 0) is 9.59 Å². The van der Waals surface area contributed by atoms with Gasteiger partial charge in [0.1, 0.15) is 10.9 Å². The molecule has 0 saturated heterocycles. The summed E-state index contributed by atoms with van der Waals surface area (Å²) in [6.07, 6.45) is 1.53.